The summed E-state index contributed by atoms with van der Waals surface area (Å²) >= 11 is 1.50. The van der Waals surface area contributed by atoms with E-state index in [1.54, 1.807) is 5.51 Å². The normalized spacial score (nSPS) is 30.6. The Balaban J connectivity index is 1.69. The van der Waals surface area contributed by atoms with Gasteiger partial charge in [-0.3, -0.25) is 9.59 Å². The fourth-order valence-corrected chi connectivity index (χ4v) is 4.01. The van der Waals surface area contributed by atoms with Crippen molar-refractivity contribution in [3.05, 3.63) is 28.2 Å². The first-order valence-corrected chi connectivity index (χ1v) is 7.53. The summed E-state index contributed by atoms with van der Waals surface area (Å²) in [7, 11) is 0. The fourth-order valence-electron chi connectivity index (χ4n) is 3.30. The van der Waals surface area contributed by atoms with Crippen LogP contribution in [0.1, 0.15) is 17.0 Å². The van der Waals surface area contributed by atoms with Crippen LogP contribution in [0.4, 0.5) is 0 Å². The first-order chi connectivity index (χ1) is 9.58. The van der Waals surface area contributed by atoms with E-state index in [4.69, 9.17) is 0 Å². The molecule has 0 spiro atoms. The Morgan fingerprint density at radius 3 is 2.70 bits per heavy atom. The van der Waals surface area contributed by atoms with Crippen LogP contribution in [0.2, 0.25) is 0 Å². The van der Waals surface area contributed by atoms with E-state index in [2.05, 4.69) is 10.3 Å². The van der Waals surface area contributed by atoms with Crippen molar-refractivity contribution in [3.8, 4) is 0 Å². The van der Waals surface area contributed by atoms with Gasteiger partial charge >= 0.3 is 5.97 Å². The fraction of sp³-hybridized carbons (Fsp3) is 0.500. The summed E-state index contributed by atoms with van der Waals surface area (Å²) < 4.78 is 0. The maximum Gasteiger partial charge on any atom is 0.307 e. The molecule has 1 aromatic heterocycles. The number of hydrogen-bond donors (Lipinski definition) is 2. The van der Waals surface area contributed by atoms with Crippen molar-refractivity contribution >= 4 is 23.2 Å². The van der Waals surface area contributed by atoms with E-state index in [0.717, 1.165) is 17.0 Å². The van der Waals surface area contributed by atoms with Gasteiger partial charge in [-0.1, -0.05) is 12.2 Å². The molecular formula is C14H16N2O3S. The number of nitrogens with zero attached hydrogens (tertiary/aromatic N) is 1. The third-order valence-electron chi connectivity index (χ3n) is 4.32. The Kier molecular flexibility index (Phi) is 3.33. The number of carbonyl (C=O) groups is 2. The van der Waals surface area contributed by atoms with E-state index in [1.807, 2.05) is 19.1 Å². The Hall–Kier alpha value is -1.69. The number of nitrogens with one attached hydrogen (secondary N) is 1. The third-order valence-corrected chi connectivity index (χ3v) is 5.25. The van der Waals surface area contributed by atoms with Crippen molar-refractivity contribution in [2.24, 2.45) is 23.7 Å². The molecule has 20 heavy (non-hydrogen) atoms. The molecule has 0 aliphatic heterocycles. The van der Waals surface area contributed by atoms with Gasteiger partial charge in [0.25, 0.3) is 0 Å². The second kappa shape index (κ2) is 5.01. The van der Waals surface area contributed by atoms with E-state index in [0.29, 0.717) is 6.54 Å². The number of rotatable bonds is 4. The van der Waals surface area contributed by atoms with Crippen LogP contribution >= 0.6 is 11.3 Å². The van der Waals surface area contributed by atoms with Gasteiger partial charge in [-0.25, -0.2) is 4.98 Å². The maximum atomic E-state index is 12.3. The number of aryl methyl sites for hydroxylation is 1. The van der Waals surface area contributed by atoms with Gasteiger partial charge < -0.3 is 10.4 Å². The standard InChI is InChI=1S/C14H16N2O3S/c1-7-10(20-6-16-7)5-15-13(17)11-8-2-3-9(4-8)12(11)14(18)19/h2-3,6,8-9,11-12H,4-5H2,1H3,(H,15,17)(H,18,19)/t8?,9?,11-,12+/m0/s1. The Bertz CT molecular complexity index is 581. The number of hydrogen-bond acceptors (Lipinski definition) is 4. The number of fused-ring (bicyclic) bond motifs is 2. The smallest absolute Gasteiger partial charge is 0.307 e. The Morgan fingerprint density at radius 1 is 1.40 bits per heavy atom. The van der Waals surface area contributed by atoms with Crippen LogP contribution < -0.4 is 5.32 Å². The highest BCUT2D eigenvalue weighted by Gasteiger charge is 2.51. The Labute approximate surface area is 120 Å². The highest BCUT2D eigenvalue weighted by Crippen LogP contribution is 2.48. The number of carbonyl (C=O) groups excluding carboxylic acids is 1. The van der Waals surface area contributed by atoms with Crippen LogP contribution in [0.25, 0.3) is 0 Å². The predicted molar refractivity (Wildman–Crippen MR) is 74.1 cm³/mol. The van der Waals surface area contributed by atoms with Crippen LogP contribution in [-0.2, 0) is 16.1 Å². The van der Waals surface area contributed by atoms with Gasteiger partial charge in [0.2, 0.25) is 5.91 Å². The molecule has 2 bridgehead atoms. The average molecular weight is 292 g/mol. The van der Waals surface area contributed by atoms with E-state index in [1.165, 1.54) is 11.3 Å². The second-order valence-corrected chi connectivity index (χ2v) is 6.36. The van der Waals surface area contributed by atoms with E-state index < -0.39 is 17.8 Å². The van der Waals surface area contributed by atoms with Crippen LogP contribution in [0.3, 0.4) is 0 Å². The lowest BCUT2D eigenvalue weighted by molar-refractivity contribution is -0.147. The third kappa shape index (κ3) is 2.14. The molecule has 0 aromatic carbocycles. The number of aromatic nitrogens is 1. The van der Waals surface area contributed by atoms with Gasteiger partial charge in [0.05, 0.1) is 29.6 Å². The summed E-state index contributed by atoms with van der Waals surface area (Å²) in [6.07, 6.45) is 4.72. The van der Waals surface area contributed by atoms with E-state index >= 15 is 0 Å². The predicted octanol–water partition coefficient (Wildman–Crippen LogP) is 1.59. The van der Waals surface area contributed by atoms with Crippen molar-refractivity contribution in [1.82, 2.24) is 10.3 Å². The van der Waals surface area contributed by atoms with Gasteiger partial charge in [-0.2, -0.15) is 0 Å². The molecule has 106 valence electrons. The topological polar surface area (TPSA) is 79.3 Å². The molecule has 6 heteroatoms. The summed E-state index contributed by atoms with van der Waals surface area (Å²) in [5.41, 5.74) is 2.66. The number of aliphatic carboxylic acids is 1. The zero-order valence-electron chi connectivity index (χ0n) is 11.1. The largest absolute Gasteiger partial charge is 0.481 e. The lowest BCUT2D eigenvalue weighted by atomic mass is 9.82. The molecule has 3 rings (SSSR count). The van der Waals surface area contributed by atoms with Crippen molar-refractivity contribution in [1.29, 1.82) is 0 Å². The van der Waals surface area contributed by atoms with Gasteiger partial charge in [0.1, 0.15) is 0 Å². The SMILES string of the molecule is Cc1ncsc1CNC(=O)[C@H]1C2C=CC(C2)[C@H]1C(=O)O. The molecule has 1 saturated carbocycles. The summed E-state index contributed by atoms with van der Waals surface area (Å²) in [4.78, 5) is 28.9. The van der Waals surface area contributed by atoms with Crippen molar-refractivity contribution in [2.45, 2.75) is 19.9 Å². The lowest BCUT2D eigenvalue weighted by Gasteiger charge is -2.23. The van der Waals surface area contributed by atoms with Crippen molar-refractivity contribution < 1.29 is 14.7 Å². The van der Waals surface area contributed by atoms with Crippen molar-refractivity contribution in [2.75, 3.05) is 0 Å². The summed E-state index contributed by atoms with van der Waals surface area (Å²) in [5.74, 6) is -1.94. The molecule has 1 aromatic rings. The summed E-state index contributed by atoms with van der Waals surface area (Å²) in [5, 5.41) is 12.2. The first kappa shape index (κ1) is 13.3. The molecule has 0 saturated heterocycles. The number of carboxylic acids is 1. The van der Waals surface area contributed by atoms with Crippen LogP contribution in [0, 0.1) is 30.6 Å². The molecule has 0 radical (unpaired) electrons. The first-order valence-electron chi connectivity index (χ1n) is 6.65. The number of thiazole rings is 1. The molecule has 2 N–H and O–H groups in total. The quantitative estimate of drug-likeness (QED) is 0.826. The molecule has 2 unspecified atom stereocenters. The van der Waals surface area contributed by atoms with Gasteiger partial charge in [-0.15, -0.1) is 11.3 Å². The molecule has 1 fully saturated rings. The summed E-state index contributed by atoms with van der Waals surface area (Å²) in [6, 6.07) is 0. The zero-order valence-corrected chi connectivity index (χ0v) is 11.9. The highest BCUT2D eigenvalue weighted by atomic mass is 32.1. The average Bonchev–Trinajstić information content (AvgIpc) is 3.10. The number of allylic oxidation sites excluding steroid dienone is 2. The number of carboxylic acid groups (broad SMARTS) is 1. The van der Waals surface area contributed by atoms with Crippen LogP contribution in [-0.4, -0.2) is 22.0 Å². The minimum absolute atomic E-state index is 0.0124. The molecule has 1 amide bonds. The van der Waals surface area contributed by atoms with Gasteiger partial charge in [0.15, 0.2) is 0 Å². The molecule has 4 atom stereocenters. The monoisotopic (exact) mass is 292 g/mol. The minimum atomic E-state index is -0.865. The second-order valence-electron chi connectivity index (χ2n) is 5.42. The van der Waals surface area contributed by atoms with Crippen LogP contribution in [0.5, 0.6) is 0 Å². The van der Waals surface area contributed by atoms with Crippen molar-refractivity contribution in [3.63, 3.8) is 0 Å². The van der Waals surface area contributed by atoms with Crippen LogP contribution in [0.15, 0.2) is 17.7 Å². The molecular weight excluding hydrogens is 276 g/mol. The molecule has 2 aliphatic rings. The highest BCUT2D eigenvalue weighted by molar-refractivity contribution is 7.09. The minimum Gasteiger partial charge on any atom is -0.481 e. The van der Waals surface area contributed by atoms with Gasteiger partial charge in [0, 0.05) is 4.88 Å². The number of amides is 1. The Morgan fingerprint density at radius 2 is 2.10 bits per heavy atom. The zero-order chi connectivity index (χ0) is 14.3. The van der Waals surface area contributed by atoms with E-state index in [9.17, 15) is 14.7 Å². The molecule has 2 aliphatic carbocycles. The summed E-state index contributed by atoms with van der Waals surface area (Å²) in [6.45, 7) is 2.33. The maximum absolute atomic E-state index is 12.3. The lowest BCUT2D eigenvalue weighted by Crippen LogP contribution is -2.39. The molecule has 1 heterocycles. The van der Waals surface area contributed by atoms with E-state index in [-0.39, 0.29) is 17.7 Å². The molecule has 5 nitrogen and oxygen atoms in total. The van der Waals surface area contributed by atoms with Gasteiger partial charge in [-0.05, 0) is 25.2 Å².